The fourth-order valence-corrected chi connectivity index (χ4v) is 12.3. The van der Waals surface area contributed by atoms with Crippen molar-refractivity contribution in [3.63, 3.8) is 0 Å². The van der Waals surface area contributed by atoms with Gasteiger partial charge in [-0.05, 0) is 93.1 Å². The summed E-state index contributed by atoms with van der Waals surface area (Å²) < 4.78 is 9.57. The van der Waals surface area contributed by atoms with Gasteiger partial charge in [-0.15, -0.1) is 0 Å². The molecular weight excluding hydrogens is 889 g/mol. The van der Waals surface area contributed by atoms with E-state index in [9.17, 15) is 0 Å². The lowest BCUT2D eigenvalue weighted by Crippen LogP contribution is -2.28. The minimum Gasteiger partial charge on any atom is -0.457 e. The highest BCUT2D eigenvalue weighted by Crippen LogP contribution is 2.58. The van der Waals surface area contributed by atoms with E-state index in [2.05, 4.69) is 206 Å². The minimum absolute atomic E-state index is 0.163. The molecule has 14 rings (SSSR count). The van der Waals surface area contributed by atoms with Crippen LogP contribution in [0.2, 0.25) is 0 Å². The fraction of sp³-hybridized carbons (Fsp3) is 0.0735. The molecule has 1 unspecified atom stereocenters. The molecule has 0 saturated heterocycles. The van der Waals surface area contributed by atoms with Crippen LogP contribution in [0.15, 0.2) is 243 Å². The Morgan fingerprint density at radius 3 is 1.92 bits per heavy atom. The van der Waals surface area contributed by atoms with Gasteiger partial charge in [0.05, 0.1) is 16.4 Å². The van der Waals surface area contributed by atoms with Crippen molar-refractivity contribution in [2.24, 2.45) is 0 Å². The van der Waals surface area contributed by atoms with E-state index in [1.54, 1.807) is 0 Å². The van der Waals surface area contributed by atoms with Crippen LogP contribution in [0.1, 0.15) is 68.8 Å². The maximum absolute atomic E-state index is 7.27. The fourth-order valence-electron chi connectivity index (χ4n) is 12.3. The lowest BCUT2D eigenvalue weighted by atomic mass is 9.67. The van der Waals surface area contributed by atoms with E-state index in [-0.39, 0.29) is 5.92 Å². The third-order valence-electron chi connectivity index (χ3n) is 15.5. The number of benzene rings is 9. The number of aromatic nitrogens is 4. The number of hydrogen-bond donors (Lipinski definition) is 0. The van der Waals surface area contributed by atoms with E-state index < -0.39 is 5.41 Å². The Labute approximate surface area is 424 Å². The van der Waals surface area contributed by atoms with Gasteiger partial charge in [-0.2, -0.15) is 9.97 Å². The molecule has 73 heavy (non-hydrogen) atoms. The number of para-hydroxylation sites is 2. The third-order valence-corrected chi connectivity index (χ3v) is 15.5. The highest BCUT2D eigenvalue weighted by Gasteiger charge is 2.46. The molecule has 2 heterocycles. The van der Waals surface area contributed by atoms with E-state index in [0.29, 0.717) is 23.4 Å². The summed E-state index contributed by atoms with van der Waals surface area (Å²) in [4.78, 5) is 15.8. The first-order valence-corrected chi connectivity index (χ1v) is 25.2. The molecule has 0 amide bonds. The van der Waals surface area contributed by atoms with E-state index in [0.717, 1.165) is 68.2 Å². The second-order valence-electron chi connectivity index (χ2n) is 19.4. The van der Waals surface area contributed by atoms with Crippen LogP contribution in [0.3, 0.4) is 0 Å². The number of hydrogen-bond acceptors (Lipinski definition) is 4. The molecular formula is C68H48N4O. The molecule has 0 spiro atoms. The van der Waals surface area contributed by atoms with Crippen molar-refractivity contribution in [3.8, 4) is 45.6 Å². The molecule has 3 aliphatic carbocycles. The standard InChI is InChI=1S/C68H48N4O/c1-43-22-21-35-56(64(43)73-44(2)47-38-41-59-57(42-47)51-32-17-19-36-58(51)68(59,48-27-11-5-12-28-48)49-29-13-6-14-30-49)61-53-34-16-15-31-50(53)54-39-40-55-52-33-18-20-37-60(52)72(63(55)62(54)61)67-70-65(45-23-7-3-8-24-45)69-66(71-67)46-25-9-4-10-26-46/h3-14,16-30,32-42,61H,2,15,31H2,1H3. The first-order valence-electron chi connectivity index (χ1n) is 25.2. The van der Waals surface area contributed by atoms with Gasteiger partial charge in [0.1, 0.15) is 11.5 Å². The summed E-state index contributed by atoms with van der Waals surface area (Å²) in [5, 5.41) is 2.28. The predicted octanol–water partition coefficient (Wildman–Crippen LogP) is 16.3. The molecule has 346 valence electrons. The van der Waals surface area contributed by atoms with Crippen LogP contribution in [0.25, 0.3) is 73.0 Å². The third kappa shape index (κ3) is 6.58. The van der Waals surface area contributed by atoms with Crippen molar-refractivity contribution < 1.29 is 4.74 Å². The predicted molar refractivity (Wildman–Crippen MR) is 297 cm³/mol. The molecule has 3 aliphatic rings. The minimum atomic E-state index is -0.492. The molecule has 1 atom stereocenters. The second-order valence-corrected chi connectivity index (χ2v) is 19.4. The normalized spacial score (nSPS) is 15.0. The van der Waals surface area contributed by atoms with E-state index >= 15 is 0 Å². The maximum atomic E-state index is 7.27. The van der Waals surface area contributed by atoms with Gasteiger partial charge in [-0.25, -0.2) is 4.98 Å². The molecule has 2 aromatic heterocycles. The molecule has 0 fully saturated rings. The molecule has 0 bridgehead atoms. The molecule has 0 saturated carbocycles. The summed E-state index contributed by atoms with van der Waals surface area (Å²) >= 11 is 0. The van der Waals surface area contributed by atoms with Crippen molar-refractivity contribution in [2.45, 2.75) is 31.1 Å². The van der Waals surface area contributed by atoms with Crippen LogP contribution in [0.5, 0.6) is 5.75 Å². The van der Waals surface area contributed by atoms with Crippen LogP contribution < -0.4 is 4.74 Å². The molecule has 9 aromatic carbocycles. The van der Waals surface area contributed by atoms with Gasteiger partial charge in [0.15, 0.2) is 11.6 Å². The van der Waals surface area contributed by atoms with E-state index in [1.807, 2.05) is 36.4 Å². The number of fused-ring (bicyclic) bond motifs is 9. The lowest BCUT2D eigenvalue weighted by molar-refractivity contribution is 0.504. The topological polar surface area (TPSA) is 52.8 Å². The quantitative estimate of drug-likeness (QED) is 0.135. The van der Waals surface area contributed by atoms with Crippen LogP contribution in [-0.2, 0) is 5.41 Å². The van der Waals surface area contributed by atoms with Crippen LogP contribution in [-0.4, -0.2) is 19.5 Å². The van der Waals surface area contributed by atoms with Crippen LogP contribution in [0, 0.1) is 6.92 Å². The van der Waals surface area contributed by atoms with Gasteiger partial charge in [-0.1, -0.05) is 225 Å². The summed E-state index contributed by atoms with van der Waals surface area (Å²) in [5.74, 6) is 3.06. The van der Waals surface area contributed by atoms with Gasteiger partial charge in [0.2, 0.25) is 5.95 Å². The number of rotatable bonds is 9. The average Bonchev–Trinajstić information content (AvgIpc) is 4.09. The van der Waals surface area contributed by atoms with Crippen molar-refractivity contribution in [1.82, 2.24) is 19.5 Å². The summed E-state index contributed by atoms with van der Waals surface area (Å²) in [6, 6.07) is 77.8. The van der Waals surface area contributed by atoms with Crippen molar-refractivity contribution in [2.75, 3.05) is 0 Å². The van der Waals surface area contributed by atoms with Gasteiger partial charge < -0.3 is 4.74 Å². The molecule has 5 nitrogen and oxygen atoms in total. The first-order chi connectivity index (χ1) is 36.1. The summed E-state index contributed by atoms with van der Waals surface area (Å²) in [7, 11) is 0. The monoisotopic (exact) mass is 936 g/mol. The van der Waals surface area contributed by atoms with Gasteiger partial charge in [0, 0.05) is 38.9 Å². The average molecular weight is 937 g/mol. The van der Waals surface area contributed by atoms with Gasteiger partial charge in [0.25, 0.3) is 0 Å². The summed E-state index contributed by atoms with van der Waals surface area (Å²) in [5.41, 5.74) is 19.1. The lowest BCUT2D eigenvalue weighted by Gasteiger charge is -2.33. The van der Waals surface area contributed by atoms with E-state index in [4.69, 9.17) is 26.3 Å². The van der Waals surface area contributed by atoms with Crippen LogP contribution in [0.4, 0.5) is 0 Å². The number of allylic oxidation sites excluding steroid dienone is 4. The highest BCUT2D eigenvalue weighted by atomic mass is 16.5. The zero-order valence-corrected chi connectivity index (χ0v) is 40.3. The second kappa shape index (κ2) is 17.0. The van der Waals surface area contributed by atoms with E-state index in [1.165, 1.54) is 55.7 Å². The van der Waals surface area contributed by atoms with Gasteiger partial charge in [-0.3, -0.25) is 4.57 Å². The Hall–Kier alpha value is -9.19. The zero-order chi connectivity index (χ0) is 48.6. The highest BCUT2D eigenvalue weighted by molar-refractivity contribution is 6.12. The number of ether oxygens (including phenoxy) is 1. The maximum Gasteiger partial charge on any atom is 0.238 e. The molecule has 11 aromatic rings. The smallest absolute Gasteiger partial charge is 0.238 e. The summed E-state index contributed by atoms with van der Waals surface area (Å²) in [6.07, 6.45) is 6.61. The van der Waals surface area contributed by atoms with Gasteiger partial charge >= 0.3 is 0 Å². The first kappa shape index (κ1) is 42.7. The van der Waals surface area contributed by atoms with Crippen molar-refractivity contribution >= 4 is 33.1 Å². The molecule has 0 radical (unpaired) electrons. The Kier molecular flexibility index (Phi) is 9.94. The number of aryl methyl sites for hydroxylation is 1. The van der Waals surface area contributed by atoms with Crippen LogP contribution >= 0.6 is 0 Å². The van der Waals surface area contributed by atoms with Crippen molar-refractivity contribution in [1.29, 1.82) is 0 Å². The molecule has 5 heteroatoms. The SMILES string of the molecule is C=C(Oc1c(C)cccc1C1C2=C(CCC=C2)c2ccc3c4ccccc4n(-c4nc(-c5ccccc5)nc(-c5ccccc5)n4)c3c21)c1ccc2c(c1)-c1ccccc1C2(c1ccccc1)c1ccccc1. The Bertz CT molecular complexity index is 3980. The van der Waals surface area contributed by atoms with Crippen molar-refractivity contribution in [3.05, 3.63) is 293 Å². The Morgan fingerprint density at radius 1 is 0.575 bits per heavy atom. The Morgan fingerprint density at radius 2 is 1.21 bits per heavy atom. The Balaban J connectivity index is 0.941. The molecule has 0 aliphatic heterocycles. The zero-order valence-electron chi connectivity index (χ0n) is 40.3. The number of nitrogens with zero attached hydrogens (tertiary/aromatic N) is 4. The largest absolute Gasteiger partial charge is 0.457 e. The summed E-state index contributed by atoms with van der Waals surface area (Å²) in [6.45, 7) is 6.87. The molecule has 0 N–H and O–H groups in total.